The molecule has 0 saturated carbocycles. The van der Waals surface area contributed by atoms with E-state index in [4.69, 9.17) is 18.9 Å². The summed E-state index contributed by atoms with van der Waals surface area (Å²) in [4.78, 5) is 20.3. The summed E-state index contributed by atoms with van der Waals surface area (Å²) in [5.41, 5.74) is 2.73. The fraction of sp³-hybridized carbons (Fsp3) is 0.310. The van der Waals surface area contributed by atoms with Gasteiger partial charge < -0.3 is 13.9 Å². The molecule has 2 saturated heterocycles. The van der Waals surface area contributed by atoms with Crippen LogP contribution in [0.25, 0.3) is 17.4 Å². The van der Waals surface area contributed by atoms with E-state index in [1.54, 1.807) is 54.5 Å². The van der Waals surface area contributed by atoms with Gasteiger partial charge in [-0.25, -0.2) is 13.4 Å². The number of thioether (sulfide) groups is 1. The Hall–Kier alpha value is -3.22. The third-order valence-electron chi connectivity index (χ3n) is 6.62. The summed E-state index contributed by atoms with van der Waals surface area (Å²) in [6, 6.07) is 18.2. The van der Waals surface area contributed by atoms with E-state index in [2.05, 4.69) is 6.92 Å². The first-order valence-electron chi connectivity index (χ1n) is 13.0. The molecule has 0 radical (unpaired) electrons. The van der Waals surface area contributed by atoms with Gasteiger partial charge in [0.25, 0.3) is 5.91 Å². The summed E-state index contributed by atoms with van der Waals surface area (Å²) in [5.74, 6) is 0.913. The number of aryl methyl sites for hydroxylation is 1. The van der Waals surface area contributed by atoms with Gasteiger partial charge in [0.15, 0.2) is 5.17 Å². The molecule has 0 N–H and O–H groups in total. The lowest BCUT2D eigenvalue weighted by Gasteiger charge is -2.26. The summed E-state index contributed by atoms with van der Waals surface area (Å²) in [6.45, 7) is 4.35. The molecule has 1 aromatic heterocycles. The van der Waals surface area contributed by atoms with E-state index in [0.29, 0.717) is 61.0 Å². The molecular weight excluding hydrogens is 550 g/mol. The van der Waals surface area contributed by atoms with Crippen molar-refractivity contribution in [3.8, 4) is 11.3 Å². The molecule has 40 heavy (non-hydrogen) atoms. The number of benzene rings is 2. The molecule has 0 aliphatic carbocycles. The standard InChI is InChI=1S/C29H31N3O6S2/c1-3-21-4-8-23(9-5-21)30-29-32(16-17-36-2)28(33)27(39-29)20-24-10-13-26(38-24)22-6-11-25(12-7-22)40(34,35)31-14-18-37-19-15-31/h4-13,20H,3,14-19H2,1-2H3. The van der Waals surface area contributed by atoms with Gasteiger partial charge in [-0.15, -0.1) is 0 Å². The average molecular weight is 582 g/mol. The van der Waals surface area contributed by atoms with Crippen molar-refractivity contribution >= 4 is 44.6 Å². The van der Waals surface area contributed by atoms with Gasteiger partial charge in [0.1, 0.15) is 11.5 Å². The van der Waals surface area contributed by atoms with Crippen LogP contribution >= 0.6 is 11.8 Å². The molecule has 210 valence electrons. The number of furan rings is 1. The van der Waals surface area contributed by atoms with E-state index < -0.39 is 10.0 Å². The largest absolute Gasteiger partial charge is 0.457 e. The van der Waals surface area contributed by atoms with Gasteiger partial charge in [-0.1, -0.05) is 19.1 Å². The van der Waals surface area contributed by atoms with Crippen LogP contribution in [0, 0.1) is 0 Å². The Balaban J connectivity index is 1.34. The van der Waals surface area contributed by atoms with Crippen molar-refractivity contribution in [2.45, 2.75) is 18.2 Å². The Bertz CT molecular complexity index is 1510. The molecular formula is C29H31N3O6S2. The highest BCUT2D eigenvalue weighted by atomic mass is 32.2. The maximum absolute atomic E-state index is 13.2. The minimum Gasteiger partial charge on any atom is -0.457 e. The topological polar surface area (TPSA) is 102 Å². The van der Waals surface area contributed by atoms with E-state index in [0.717, 1.165) is 17.7 Å². The maximum atomic E-state index is 13.2. The predicted octanol–water partition coefficient (Wildman–Crippen LogP) is 4.78. The minimum absolute atomic E-state index is 0.165. The molecule has 3 heterocycles. The molecule has 0 unspecified atom stereocenters. The first kappa shape index (κ1) is 28.3. The van der Waals surface area contributed by atoms with Crippen LogP contribution in [0.3, 0.4) is 0 Å². The Kier molecular flexibility index (Phi) is 8.87. The van der Waals surface area contributed by atoms with Crippen LogP contribution in [-0.2, 0) is 30.7 Å². The van der Waals surface area contributed by atoms with Crippen LogP contribution in [0.15, 0.2) is 79.9 Å². The molecule has 2 aromatic carbocycles. The molecule has 5 rings (SSSR count). The number of carbonyl (C=O) groups is 1. The van der Waals surface area contributed by atoms with Crippen molar-refractivity contribution in [3.05, 3.63) is 76.9 Å². The number of rotatable bonds is 9. The zero-order valence-corrected chi connectivity index (χ0v) is 24.0. The fourth-order valence-corrected chi connectivity index (χ4v) is 6.74. The van der Waals surface area contributed by atoms with E-state index in [9.17, 15) is 13.2 Å². The Morgan fingerprint density at radius 1 is 1.02 bits per heavy atom. The molecule has 2 aliphatic rings. The molecule has 3 aromatic rings. The number of aliphatic imine (C=N–C) groups is 1. The normalized spacial score (nSPS) is 18.8. The predicted molar refractivity (Wildman–Crippen MR) is 156 cm³/mol. The van der Waals surface area contributed by atoms with Gasteiger partial charge >= 0.3 is 0 Å². The Labute approximate surface area is 238 Å². The van der Waals surface area contributed by atoms with Gasteiger partial charge in [-0.3, -0.25) is 9.69 Å². The van der Waals surface area contributed by atoms with Crippen molar-refractivity contribution in [1.82, 2.24) is 9.21 Å². The monoisotopic (exact) mass is 581 g/mol. The van der Waals surface area contributed by atoms with Crippen LogP contribution in [0.5, 0.6) is 0 Å². The Morgan fingerprint density at radius 2 is 1.75 bits per heavy atom. The molecule has 9 nitrogen and oxygen atoms in total. The summed E-state index contributed by atoms with van der Waals surface area (Å²) in [7, 11) is -1.98. The van der Waals surface area contributed by atoms with Crippen LogP contribution in [0.1, 0.15) is 18.2 Å². The summed E-state index contributed by atoms with van der Waals surface area (Å²) in [6.07, 6.45) is 2.65. The third kappa shape index (κ3) is 6.24. The average Bonchev–Trinajstić information content (AvgIpc) is 3.57. The van der Waals surface area contributed by atoms with Crippen LogP contribution < -0.4 is 0 Å². The van der Waals surface area contributed by atoms with Gasteiger partial charge in [-0.2, -0.15) is 4.31 Å². The Morgan fingerprint density at radius 3 is 2.42 bits per heavy atom. The van der Waals surface area contributed by atoms with Gasteiger partial charge in [-0.05, 0) is 72.3 Å². The summed E-state index contributed by atoms with van der Waals surface area (Å²) in [5, 5.41) is 0.585. The fourth-order valence-electron chi connectivity index (χ4n) is 4.33. The highest BCUT2D eigenvalue weighted by molar-refractivity contribution is 8.18. The van der Waals surface area contributed by atoms with Crippen molar-refractivity contribution < 1.29 is 27.1 Å². The molecule has 0 atom stereocenters. The molecule has 11 heteroatoms. The highest BCUT2D eigenvalue weighted by Crippen LogP contribution is 2.35. The van der Waals surface area contributed by atoms with Gasteiger partial charge in [0.2, 0.25) is 10.0 Å². The first-order valence-corrected chi connectivity index (χ1v) is 15.3. The zero-order chi connectivity index (χ0) is 28.1. The van der Waals surface area contributed by atoms with Crippen LogP contribution in [0.2, 0.25) is 0 Å². The number of morpholine rings is 1. The van der Waals surface area contributed by atoms with E-state index >= 15 is 0 Å². The number of carbonyl (C=O) groups excluding carboxylic acids is 1. The molecule has 2 aliphatic heterocycles. The number of amides is 1. The SMILES string of the molecule is CCc1ccc(N=C2SC(=Cc3ccc(-c4ccc(S(=O)(=O)N5CCOCC5)cc4)o3)C(=O)N2CCOC)cc1. The second-order valence-corrected chi connectivity index (χ2v) is 12.2. The first-order chi connectivity index (χ1) is 19.4. The number of methoxy groups -OCH3 is 1. The lowest BCUT2D eigenvalue weighted by atomic mass is 10.2. The third-order valence-corrected chi connectivity index (χ3v) is 9.54. The molecule has 0 spiro atoms. The van der Waals surface area contributed by atoms with Crippen LogP contribution in [0.4, 0.5) is 5.69 Å². The second kappa shape index (κ2) is 12.5. The molecule has 1 amide bonds. The highest BCUT2D eigenvalue weighted by Gasteiger charge is 2.33. The smallest absolute Gasteiger partial charge is 0.266 e. The summed E-state index contributed by atoms with van der Waals surface area (Å²) >= 11 is 1.29. The minimum atomic E-state index is -3.57. The maximum Gasteiger partial charge on any atom is 0.266 e. The molecule has 0 bridgehead atoms. The number of hydrogen-bond donors (Lipinski definition) is 0. The second-order valence-electron chi connectivity index (χ2n) is 9.22. The number of sulfonamides is 1. The van der Waals surface area contributed by atoms with E-state index in [1.165, 1.54) is 21.6 Å². The number of hydrogen-bond acceptors (Lipinski definition) is 8. The van der Waals surface area contributed by atoms with Crippen molar-refractivity contribution in [3.63, 3.8) is 0 Å². The number of amidine groups is 1. The van der Waals surface area contributed by atoms with Crippen molar-refractivity contribution in [2.24, 2.45) is 4.99 Å². The summed E-state index contributed by atoms with van der Waals surface area (Å²) < 4.78 is 43.7. The van der Waals surface area contributed by atoms with E-state index in [-0.39, 0.29) is 10.8 Å². The van der Waals surface area contributed by atoms with Crippen LogP contribution in [-0.4, -0.2) is 75.3 Å². The van der Waals surface area contributed by atoms with Crippen molar-refractivity contribution in [1.29, 1.82) is 0 Å². The van der Waals surface area contributed by atoms with E-state index in [1.807, 2.05) is 24.3 Å². The number of ether oxygens (including phenoxy) is 2. The lowest BCUT2D eigenvalue weighted by molar-refractivity contribution is -0.122. The lowest BCUT2D eigenvalue weighted by Crippen LogP contribution is -2.40. The van der Waals surface area contributed by atoms with Gasteiger partial charge in [0, 0.05) is 31.8 Å². The number of nitrogens with zero attached hydrogens (tertiary/aromatic N) is 3. The molecule has 2 fully saturated rings. The quantitative estimate of drug-likeness (QED) is 0.335. The van der Waals surface area contributed by atoms with Crippen molar-refractivity contribution in [2.75, 3.05) is 46.6 Å². The zero-order valence-electron chi connectivity index (χ0n) is 22.4. The van der Waals surface area contributed by atoms with Gasteiger partial charge in [0.05, 0.1) is 41.9 Å².